The molecule has 0 aliphatic carbocycles. The summed E-state index contributed by atoms with van der Waals surface area (Å²) in [6.07, 6.45) is -1.12. The summed E-state index contributed by atoms with van der Waals surface area (Å²) >= 11 is 0. The molecule has 1 heterocycles. The molecule has 0 saturated heterocycles. The molecule has 1 rings (SSSR count). The minimum absolute atomic E-state index is 0.512. The second kappa shape index (κ2) is 2.94. The third kappa shape index (κ3) is 1.53. The number of halogens is 2. The van der Waals surface area contributed by atoms with Crippen LogP contribution in [-0.4, -0.2) is 21.2 Å². The highest BCUT2D eigenvalue weighted by Crippen LogP contribution is 2.14. The largest absolute Gasteiger partial charge is 0.260 e. The molecule has 0 bridgehead atoms. The van der Waals surface area contributed by atoms with Crippen LogP contribution in [0.1, 0.15) is 18.8 Å². The van der Waals surface area contributed by atoms with Crippen LogP contribution < -0.4 is 0 Å². The Morgan fingerprint density at radius 2 is 2.18 bits per heavy atom. The van der Waals surface area contributed by atoms with Crippen molar-refractivity contribution >= 4 is 0 Å². The van der Waals surface area contributed by atoms with Gasteiger partial charge in [-0.1, -0.05) is 0 Å². The summed E-state index contributed by atoms with van der Waals surface area (Å²) in [6, 6.07) is -0.891. The fraction of sp³-hybridized carbons (Fsp3) is 0.667. The molecular weight excluding hydrogens is 152 g/mol. The fourth-order valence-electron chi connectivity index (χ4n) is 0.814. The predicted octanol–water partition coefficient (Wildman–Crippen LogP) is 1.41. The van der Waals surface area contributed by atoms with Gasteiger partial charge in [-0.2, -0.15) is 5.10 Å². The van der Waals surface area contributed by atoms with E-state index in [1.54, 1.807) is 6.92 Å². The van der Waals surface area contributed by atoms with Gasteiger partial charge in [-0.05, 0) is 13.8 Å². The van der Waals surface area contributed by atoms with Crippen molar-refractivity contribution in [1.82, 2.24) is 14.8 Å². The minimum atomic E-state index is -2.39. The summed E-state index contributed by atoms with van der Waals surface area (Å²) in [5.74, 6) is 0.512. The second-order valence-electron chi connectivity index (χ2n) is 2.33. The first-order chi connectivity index (χ1) is 5.13. The molecule has 0 N–H and O–H groups in total. The number of rotatable bonds is 2. The molecule has 0 aliphatic rings. The van der Waals surface area contributed by atoms with Gasteiger partial charge in [0.25, 0.3) is 6.43 Å². The van der Waals surface area contributed by atoms with Crippen LogP contribution in [0.5, 0.6) is 0 Å². The van der Waals surface area contributed by atoms with Gasteiger partial charge in [0.2, 0.25) is 0 Å². The van der Waals surface area contributed by atoms with E-state index in [0.717, 1.165) is 0 Å². The van der Waals surface area contributed by atoms with Crippen molar-refractivity contribution in [2.45, 2.75) is 26.3 Å². The number of alkyl halides is 2. The summed E-state index contributed by atoms with van der Waals surface area (Å²) in [5.41, 5.74) is 0. The van der Waals surface area contributed by atoms with Gasteiger partial charge in [0, 0.05) is 0 Å². The molecule has 0 radical (unpaired) electrons. The molecule has 3 nitrogen and oxygen atoms in total. The summed E-state index contributed by atoms with van der Waals surface area (Å²) < 4.78 is 25.4. The third-order valence-corrected chi connectivity index (χ3v) is 1.50. The topological polar surface area (TPSA) is 30.7 Å². The molecule has 1 unspecified atom stereocenters. The summed E-state index contributed by atoms with van der Waals surface area (Å²) in [5, 5.41) is 3.66. The SMILES string of the molecule is Cc1ncnn1C(C)C(F)F. The first-order valence-electron chi connectivity index (χ1n) is 3.27. The smallest absolute Gasteiger partial charge is 0.242 e. The summed E-state index contributed by atoms with van der Waals surface area (Å²) in [4.78, 5) is 3.74. The Morgan fingerprint density at radius 1 is 1.55 bits per heavy atom. The zero-order valence-electron chi connectivity index (χ0n) is 6.33. The maximum Gasteiger partial charge on any atom is 0.260 e. The van der Waals surface area contributed by atoms with E-state index in [9.17, 15) is 8.78 Å². The van der Waals surface area contributed by atoms with Gasteiger partial charge in [0.05, 0.1) is 0 Å². The average molecular weight is 161 g/mol. The fourth-order valence-corrected chi connectivity index (χ4v) is 0.814. The van der Waals surface area contributed by atoms with Gasteiger partial charge in [-0.15, -0.1) is 0 Å². The van der Waals surface area contributed by atoms with Crippen LogP contribution in [0.3, 0.4) is 0 Å². The first kappa shape index (κ1) is 8.10. The zero-order valence-corrected chi connectivity index (χ0v) is 6.33. The molecule has 0 fully saturated rings. The van der Waals surface area contributed by atoms with Crippen molar-refractivity contribution in [3.63, 3.8) is 0 Å². The van der Waals surface area contributed by atoms with Crippen molar-refractivity contribution in [2.75, 3.05) is 0 Å². The van der Waals surface area contributed by atoms with Crippen molar-refractivity contribution in [3.8, 4) is 0 Å². The van der Waals surface area contributed by atoms with Gasteiger partial charge < -0.3 is 0 Å². The highest BCUT2D eigenvalue weighted by atomic mass is 19.3. The van der Waals surface area contributed by atoms with Crippen LogP contribution in [0.15, 0.2) is 6.33 Å². The molecule has 1 aromatic heterocycles. The second-order valence-corrected chi connectivity index (χ2v) is 2.33. The molecule has 0 spiro atoms. The van der Waals surface area contributed by atoms with Crippen molar-refractivity contribution in [1.29, 1.82) is 0 Å². The van der Waals surface area contributed by atoms with Gasteiger partial charge in [-0.3, -0.25) is 0 Å². The summed E-state index contributed by atoms with van der Waals surface area (Å²) in [6.45, 7) is 3.05. The average Bonchev–Trinajstić information content (AvgIpc) is 2.33. The zero-order chi connectivity index (χ0) is 8.43. The van der Waals surface area contributed by atoms with Crippen molar-refractivity contribution in [3.05, 3.63) is 12.2 Å². The van der Waals surface area contributed by atoms with E-state index >= 15 is 0 Å². The van der Waals surface area contributed by atoms with Gasteiger partial charge in [-0.25, -0.2) is 18.4 Å². The normalized spacial score (nSPS) is 13.9. The van der Waals surface area contributed by atoms with Crippen LogP contribution in [-0.2, 0) is 0 Å². The quantitative estimate of drug-likeness (QED) is 0.656. The van der Waals surface area contributed by atoms with E-state index in [-0.39, 0.29) is 0 Å². The Hall–Kier alpha value is -1.00. The molecule has 62 valence electrons. The number of aryl methyl sites for hydroxylation is 1. The van der Waals surface area contributed by atoms with Crippen LogP contribution in [0.25, 0.3) is 0 Å². The van der Waals surface area contributed by atoms with Gasteiger partial charge >= 0.3 is 0 Å². The molecule has 1 aromatic rings. The van der Waals surface area contributed by atoms with Gasteiger partial charge in [0.15, 0.2) is 0 Å². The number of hydrogen-bond donors (Lipinski definition) is 0. The van der Waals surface area contributed by atoms with E-state index in [1.165, 1.54) is 17.9 Å². The lowest BCUT2D eigenvalue weighted by atomic mass is 10.3. The molecule has 0 amide bonds. The lowest BCUT2D eigenvalue weighted by molar-refractivity contribution is 0.0842. The van der Waals surface area contributed by atoms with Crippen LogP contribution in [0.4, 0.5) is 8.78 Å². The Morgan fingerprint density at radius 3 is 2.55 bits per heavy atom. The molecular formula is C6H9F2N3. The predicted molar refractivity (Wildman–Crippen MR) is 35.5 cm³/mol. The lowest BCUT2D eigenvalue weighted by Gasteiger charge is -2.10. The highest BCUT2D eigenvalue weighted by Gasteiger charge is 2.18. The third-order valence-electron chi connectivity index (χ3n) is 1.50. The standard InChI is InChI=1S/C6H9F2N3/c1-4(6(7)8)11-5(2)9-3-10-11/h3-4,6H,1-2H3. The molecule has 0 aliphatic heterocycles. The summed E-state index contributed by atoms with van der Waals surface area (Å²) in [7, 11) is 0. The number of aromatic nitrogens is 3. The maximum atomic E-state index is 12.1. The minimum Gasteiger partial charge on any atom is -0.242 e. The molecule has 1 atom stereocenters. The van der Waals surface area contributed by atoms with E-state index in [4.69, 9.17) is 0 Å². The maximum absolute atomic E-state index is 12.1. The van der Waals surface area contributed by atoms with Crippen LogP contribution >= 0.6 is 0 Å². The molecule has 0 aromatic carbocycles. The van der Waals surface area contributed by atoms with E-state index in [1.807, 2.05) is 0 Å². The first-order valence-corrected chi connectivity index (χ1v) is 3.27. The van der Waals surface area contributed by atoms with Gasteiger partial charge in [0.1, 0.15) is 18.2 Å². The van der Waals surface area contributed by atoms with E-state index < -0.39 is 12.5 Å². The highest BCUT2D eigenvalue weighted by molar-refractivity contribution is 4.82. The molecule has 0 saturated carbocycles. The monoisotopic (exact) mass is 161 g/mol. The molecule has 5 heteroatoms. The Kier molecular flexibility index (Phi) is 2.16. The molecule has 11 heavy (non-hydrogen) atoms. The van der Waals surface area contributed by atoms with Crippen molar-refractivity contribution in [2.24, 2.45) is 0 Å². The van der Waals surface area contributed by atoms with Crippen molar-refractivity contribution < 1.29 is 8.78 Å². The van der Waals surface area contributed by atoms with Crippen LogP contribution in [0.2, 0.25) is 0 Å². The Balaban J connectivity index is 2.84. The number of nitrogens with zero attached hydrogens (tertiary/aromatic N) is 3. The lowest BCUT2D eigenvalue weighted by Crippen LogP contribution is -2.16. The Bertz CT molecular complexity index is 233. The Labute approximate surface area is 63.0 Å². The van der Waals surface area contributed by atoms with Crippen LogP contribution in [0, 0.1) is 6.92 Å². The van der Waals surface area contributed by atoms with E-state index in [0.29, 0.717) is 5.82 Å². The van der Waals surface area contributed by atoms with E-state index in [2.05, 4.69) is 10.1 Å². The number of hydrogen-bond acceptors (Lipinski definition) is 2.